The third-order valence-electron chi connectivity index (χ3n) is 16.0. The van der Waals surface area contributed by atoms with Crippen LogP contribution in [0.5, 0.6) is 0 Å². The summed E-state index contributed by atoms with van der Waals surface area (Å²) >= 11 is 0. The molecule has 7 heterocycles. The number of nitrogens with zero attached hydrogens (tertiary/aromatic N) is 8. The van der Waals surface area contributed by atoms with Crippen molar-refractivity contribution in [2.75, 3.05) is 92.5 Å². The molecule has 5 saturated heterocycles. The number of hydrogen-bond donors (Lipinski definition) is 3. The number of piperidine rings is 3. The quantitative estimate of drug-likeness (QED) is 0.235. The van der Waals surface area contributed by atoms with Gasteiger partial charge in [-0.15, -0.1) is 0 Å². The molecule has 2 aromatic carbocycles. The van der Waals surface area contributed by atoms with Crippen LogP contribution in [-0.2, 0) is 27.5 Å². The highest BCUT2D eigenvalue weighted by Gasteiger charge is 2.46. The molecule has 15 nitrogen and oxygen atoms in total. The molecule has 7 aliphatic rings. The van der Waals surface area contributed by atoms with E-state index in [1.165, 1.54) is 12.1 Å². The number of benzene rings is 2. The molecule has 1 spiro atoms. The molecule has 10 rings (SSSR count). The number of imide groups is 1. The van der Waals surface area contributed by atoms with Crippen LogP contribution in [0.15, 0.2) is 42.7 Å². The second kappa shape index (κ2) is 17.7. The van der Waals surface area contributed by atoms with Crippen LogP contribution in [0, 0.1) is 28.9 Å². The Morgan fingerprint density at radius 3 is 2.35 bits per heavy atom. The third kappa shape index (κ3) is 8.92. The second-order valence-electron chi connectivity index (χ2n) is 20.9. The van der Waals surface area contributed by atoms with E-state index in [2.05, 4.69) is 72.5 Å². The van der Waals surface area contributed by atoms with Gasteiger partial charge >= 0.3 is 0 Å². The van der Waals surface area contributed by atoms with Crippen LogP contribution in [0.3, 0.4) is 0 Å². The predicted molar refractivity (Wildman–Crippen MR) is 247 cm³/mol. The number of amides is 4. The molecule has 3 aromatic rings. The van der Waals surface area contributed by atoms with Crippen LogP contribution < -0.4 is 30.7 Å². The van der Waals surface area contributed by atoms with Crippen molar-refractivity contribution in [3.05, 3.63) is 71.1 Å². The van der Waals surface area contributed by atoms with E-state index in [9.17, 15) is 19.2 Å². The average molecular weight is 908 g/mol. The number of nitrogens with one attached hydrogen (secondary N) is 3. The Morgan fingerprint density at radius 2 is 1.61 bits per heavy atom. The summed E-state index contributed by atoms with van der Waals surface area (Å²) in [6.45, 7) is 12.1. The number of aromatic nitrogens is 2. The molecular weight excluding hydrogens is 845 g/mol. The topological polar surface area (TPSA) is 150 Å². The maximum atomic E-state index is 15.7. The van der Waals surface area contributed by atoms with E-state index < -0.39 is 23.2 Å². The number of carbonyl (C=O) groups excluding carboxylic acids is 4. The lowest BCUT2D eigenvalue weighted by atomic mass is 9.82. The molecule has 352 valence electrons. The summed E-state index contributed by atoms with van der Waals surface area (Å²) in [6, 6.07) is 10.3. The van der Waals surface area contributed by atoms with Crippen molar-refractivity contribution < 1.29 is 28.0 Å². The molecular formula is C49H63F2N11O4. The van der Waals surface area contributed by atoms with E-state index in [1.54, 1.807) is 16.1 Å². The van der Waals surface area contributed by atoms with E-state index in [1.807, 2.05) is 18.2 Å². The van der Waals surface area contributed by atoms with E-state index in [4.69, 9.17) is 0 Å². The van der Waals surface area contributed by atoms with Gasteiger partial charge in [-0.3, -0.25) is 29.4 Å². The molecule has 4 amide bonds. The highest BCUT2D eigenvalue weighted by atomic mass is 19.1. The fourth-order valence-corrected chi connectivity index (χ4v) is 11.9. The van der Waals surface area contributed by atoms with E-state index in [-0.39, 0.29) is 47.7 Å². The summed E-state index contributed by atoms with van der Waals surface area (Å²) in [7, 11) is 2.20. The fourth-order valence-electron chi connectivity index (χ4n) is 11.9. The number of anilines is 4. The van der Waals surface area contributed by atoms with Crippen LogP contribution in [0.2, 0.25) is 0 Å². The standard InChI is InChI=1S/C49H63F2N11O4/c1-48(2)9-14-58(15-10-48)24-33-21-38(51)41(22-37(33)50)61-28-45(64)56-49(29-61)11-16-59(17-12-49)43-23-42(53-30-54-43)52-13-18-57(3)34-19-31-25-60(26-32(31)20-34)39-6-4-5-35-36(39)27-62(47(35)66)40-7-8-44(63)55-46(40)65/h4-6,21-23,30-32,34,40H,7-20,24-29H2,1-3H3,(H,56,64)(H,52,53,54)(H,55,63,65)/t31-,32+,34?,40?. The Balaban J connectivity index is 0.688. The Bertz CT molecular complexity index is 2370. The second-order valence-corrected chi connectivity index (χ2v) is 20.9. The van der Waals surface area contributed by atoms with E-state index in [0.717, 1.165) is 87.8 Å². The van der Waals surface area contributed by atoms with Gasteiger partial charge in [-0.2, -0.15) is 0 Å². The zero-order valence-electron chi connectivity index (χ0n) is 38.5. The van der Waals surface area contributed by atoms with Crippen molar-refractivity contribution in [3.63, 3.8) is 0 Å². The summed E-state index contributed by atoms with van der Waals surface area (Å²) in [5.74, 6) is 0.741. The first-order valence-electron chi connectivity index (χ1n) is 24.0. The summed E-state index contributed by atoms with van der Waals surface area (Å²) in [5, 5.41) is 9.13. The SMILES string of the molecule is CN(CCNc1cc(N2CCC3(CC2)CN(c2cc(F)c(CN4CCC(C)(C)CC4)cc2F)CC(=O)N3)ncn1)C1C[C@@H]2CN(c3cccc4c3CN(C3CCC(=O)NC3=O)C4=O)C[C@@H]2C1. The first kappa shape index (κ1) is 44.4. The van der Waals surface area contributed by atoms with Gasteiger partial charge in [0.25, 0.3) is 5.91 Å². The minimum atomic E-state index is -0.623. The number of halogens is 2. The van der Waals surface area contributed by atoms with E-state index >= 15 is 8.78 Å². The molecule has 1 saturated carbocycles. The predicted octanol–water partition coefficient (Wildman–Crippen LogP) is 4.37. The van der Waals surface area contributed by atoms with Crippen molar-refractivity contribution in [2.45, 2.75) is 95.9 Å². The Hall–Kier alpha value is -5.42. The van der Waals surface area contributed by atoms with Gasteiger partial charge in [-0.1, -0.05) is 19.9 Å². The molecule has 17 heteroatoms. The molecule has 6 aliphatic heterocycles. The lowest BCUT2D eigenvalue weighted by Crippen LogP contribution is -2.66. The summed E-state index contributed by atoms with van der Waals surface area (Å²) < 4.78 is 31.2. The number of likely N-dealkylation sites (tertiary alicyclic amines) is 1. The third-order valence-corrected chi connectivity index (χ3v) is 16.0. The fraction of sp³-hybridized carbons (Fsp3) is 0.592. The lowest BCUT2D eigenvalue weighted by Gasteiger charge is -2.48. The molecule has 4 atom stereocenters. The Kier molecular flexibility index (Phi) is 11.9. The molecule has 6 fully saturated rings. The van der Waals surface area contributed by atoms with Crippen molar-refractivity contribution in [3.8, 4) is 0 Å². The smallest absolute Gasteiger partial charge is 0.255 e. The number of fused-ring (bicyclic) bond motifs is 2. The minimum absolute atomic E-state index is 0.0190. The van der Waals surface area contributed by atoms with Crippen molar-refractivity contribution in [1.29, 1.82) is 0 Å². The molecule has 66 heavy (non-hydrogen) atoms. The first-order valence-corrected chi connectivity index (χ1v) is 24.0. The van der Waals surface area contributed by atoms with Gasteiger partial charge in [0.1, 0.15) is 35.6 Å². The molecule has 0 radical (unpaired) electrons. The normalized spacial score (nSPS) is 26.3. The zero-order chi connectivity index (χ0) is 45.9. The van der Waals surface area contributed by atoms with Crippen LogP contribution in [0.1, 0.15) is 86.7 Å². The largest absolute Gasteiger partial charge is 0.371 e. The summed E-state index contributed by atoms with van der Waals surface area (Å²) in [4.78, 5) is 72.6. The van der Waals surface area contributed by atoms with Crippen molar-refractivity contribution in [2.24, 2.45) is 17.3 Å². The van der Waals surface area contributed by atoms with Gasteiger partial charge < -0.3 is 35.1 Å². The minimum Gasteiger partial charge on any atom is -0.371 e. The maximum absolute atomic E-state index is 15.7. The number of hydrogen-bond acceptors (Lipinski definition) is 12. The molecule has 1 aromatic heterocycles. The number of carbonyl (C=O) groups is 4. The molecule has 3 N–H and O–H groups in total. The molecule has 2 unspecified atom stereocenters. The van der Waals surface area contributed by atoms with Crippen LogP contribution in [0.4, 0.5) is 31.8 Å². The van der Waals surface area contributed by atoms with E-state index in [0.29, 0.717) is 81.0 Å². The van der Waals surface area contributed by atoms with Gasteiger partial charge in [-0.25, -0.2) is 18.7 Å². The highest BCUT2D eigenvalue weighted by molar-refractivity contribution is 6.06. The highest BCUT2D eigenvalue weighted by Crippen LogP contribution is 2.44. The molecule has 1 aliphatic carbocycles. The van der Waals surface area contributed by atoms with Crippen LogP contribution in [0.25, 0.3) is 0 Å². The van der Waals surface area contributed by atoms with Crippen molar-refractivity contribution in [1.82, 2.24) is 35.3 Å². The van der Waals surface area contributed by atoms with Gasteiger partial charge in [0, 0.05) is 106 Å². The zero-order valence-corrected chi connectivity index (χ0v) is 38.5. The monoisotopic (exact) mass is 908 g/mol. The van der Waals surface area contributed by atoms with Gasteiger partial charge in [0.2, 0.25) is 17.7 Å². The van der Waals surface area contributed by atoms with Gasteiger partial charge in [-0.05, 0) is 101 Å². The summed E-state index contributed by atoms with van der Waals surface area (Å²) in [6.07, 6.45) is 7.72. The Morgan fingerprint density at radius 1 is 0.848 bits per heavy atom. The lowest BCUT2D eigenvalue weighted by molar-refractivity contribution is -0.137. The molecule has 0 bridgehead atoms. The number of piperazine rings is 1. The van der Waals surface area contributed by atoms with Gasteiger partial charge in [0.05, 0.1) is 17.8 Å². The average Bonchev–Trinajstić information content (AvgIpc) is 3.98. The maximum Gasteiger partial charge on any atom is 0.255 e. The van der Waals surface area contributed by atoms with Crippen LogP contribution >= 0.6 is 0 Å². The van der Waals surface area contributed by atoms with Crippen LogP contribution in [-0.4, -0.2) is 138 Å². The first-order chi connectivity index (χ1) is 31.7. The number of likely N-dealkylation sites (N-methyl/N-ethyl adjacent to an activating group) is 1. The Labute approximate surface area is 385 Å². The van der Waals surface area contributed by atoms with Gasteiger partial charge in [0.15, 0.2) is 0 Å². The van der Waals surface area contributed by atoms with Crippen molar-refractivity contribution >= 4 is 46.6 Å². The summed E-state index contributed by atoms with van der Waals surface area (Å²) in [5.41, 5.74) is 2.92. The number of rotatable bonds is 11.